The zero-order valence-electron chi connectivity index (χ0n) is 11.6. The Labute approximate surface area is 103 Å². The minimum atomic E-state index is -0.833. The molecule has 0 unspecified atom stereocenters. The maximum atomic E-state index is 9.96. The summed E-state index contributed by atoms with van der Waals surface area (Å²) in [7, 11) is 1.74. The van der Waals surface area contributed by atoms with E-state index in [1.165, 1.54) is 5.06 Å². The minimum absolute atomic E-state index is 0.192. The molecule has 0 aromatic carbocycles. The van der Waals surface area contributed by atoms with E-state index in [1.807, 2.05) is 27.7 Å². The van der Waals surface area contributed by atoms with Gasteiger partial charge in [-0.15, -0.1) is 0 Å². The van der Waals surface area contributed by atoms with Crippen LogP contribution in [-0.2, 0) is 9.53 Å². The van der Waals surface area contributed by atoms with Crippen molar-refractivity contribution in [2.45, 2.75) is 64.6 Å². The summed E-state index contributed by atoms with van der Waals surface area (Å²) < 4.78 is 5.37. The quantitative estimate of drug-likeness (QED) is 0.743. The van der Waals surface area contributed by atoms with E-state index in [0.717, 1.165) is 19.8 Å². The minimum Gasteiger partial charge on any atom is -0.481 e. The first-order valence-corrected chi connectivity index (χ1v) is 5.74. The van der Waals surface area contributed by atoms with Crippen LogP contribution in [0.3, 0.4) is 0 Å². The van der Waals surface area contributed by atoms with Gasteiger partial charge in [-0.2, -0.15) is 5.06 Å². The molecule has 1 aliphatic heterocycles. The second-order valence-corrected chi connectivity index (χ2v) is 5.72. The Morgan fingerprint density at radius 2 is 1.53 bits per heavy atom. The Morgan fingerprint density at radius 1 is 1.24 bits per heavy atom. The summed E-state index contributed by atoms with van der Waals surface area (Å²) in [6, 6.07) is 0. The fourth-order valence-corrected chi connectivity index (χ4v) is 2.35. The van der Waals surface area contributed by atoms with Gasteiger partial charge in [0.05, 0.1) is 6.10 Å². The Bertz CT molecular complexity index is 241. The van der Waals surface area contributed by atoms with E-state index >= 15 is 0 Å². The molecule has 0 aliphatic carbocycles. The van der Waals surface area contributed by atoms with Gasteiger partial charge in [0, 0.05) is 25.1 Å². The lowest BCUT2D eigenvalue weighted by Gasteiger charge is -2.51. The summed E-state index contributed by atoms with van der Waals surface area (Å²) in [4.78, 5) is 9.00. The van der Waals surface area contributed by atoms with Crippen LogP contribution in [-0.4, -0.2) is 45.6 Å². The van der Waals surface area contributed by atoms with Crippen molar-refractivity contribution in [1.29, 1.82) is 0 Å². The van der Waals surface area contributed by atoms with Gasteiger partial charge in [-0.05, 0) is 40.5 Å². The molecule has 5 heteroatoms. The predicted molar refractivity (Wildman–Crippen MR) is 65.1 cm³/mol. The number of rotatable bonds is 1. The molecule has 0 atom stereocenters. The molecule has 1 saturated heterocycles. The molecule has 0 bridgehead atoms. The van der Waals surface area contributed by atoms with E-state index in [1.54, 1.807) is 7.11 Å². The van der Waals surface area contributed by atoms with Gasteiger partial charge in [0.2, 0.25) is 0 Å². The molecule has 0 aromatic rings. The molecule has 0 amide bonds. The van der Waals surface area contributed by atoms with Crippen LogP contribution in [0.1, 0.15) is 47.5 Å². The number of nitrogens with zero attached hydrogens (tertiary/aromatic N) is 1. The highest BCUT2D eigenvalue weighted by Crippen LogP contribution is 2.37. The monoisotopic (exact) mass is 247 g/mol. The molecule has 2 N–H and O–H groups in total. The number of carboxylic acid groups (broad SMARTS) is 1. The standard InChI is InChI=1S/C10H21NO2.C2H4O2/c1-9(2)6-8(13-5)7-10(3,4)11(9)12;1-2(3)4/h8,12H,6-7H2,1-5H3;1H3,(H,3,4). The van der Waals surface area contributed by atoms with E-state index < -0.39 is 5.97 Å². The number of methoxy groups -OCH3 is 1. The molecule has 0 radical (unpaired) electrons. The van der Waals surface area contributed by atoms with Crippen molar-refractivity contribution in [2.75, 3.05) is 7.11 Å². The van der Waals surface area contributed by atoms with Crippen molar-refractivity contribution < 1.29 is 19.8 Å². The SMILES string of the molecule is CC(=O)O.COC1CC(C)(C)N(O)C(C)(C)C1. The molecule has 1 fully saturated rings. The van der Waals surface area contributed by atoms with Crippen LogP contribution in [0.15, 0.2) is 0 Å². The summed E-state index contributed by atoms with van der Waals surface area (Å²) in [5.74, 6) is -0.833. The summed E-state index contributed by atoms with van der Waals surface area (Å²) in [5.41, 5.74) is -0.384. The first-order chi connectivity index (χ1) is 7.53. The first kappa shape index (κ1) is 16.4. The third-order valence-corrected chi connectivity index (χ3v) is 2.93. The van der Waals surface area contributed by atoms with Gasteiger partial charge in [-0.3, -0.25) is 4.79 Å². The molecular formula is C12H25NO4. The predicted octanol–water partition coefficient (Wildman–Crippen LogP) is 2.13. The smallest absolute Gasteiger partial charge is 0.300 e. The average molecular weight is 247 g/mol. The van der Waals surface area contributed by atoms with E-state index in [-0.39, 0.29) is 17.2 Å². The highest BCUT2D eigenvalue weighted by molar-refractivity contribution is 5.62. The van der Waals surface area contributed by atoms with Gasteiger partial charge < -0.3 is 15.1 Å². The molecule has 1 heterocycles. The van der Waals surface area contributed by atoms with E-state index in [0.29, 0.717) is 0 Å². The molecular weight excluding hydrogens is 222 g/mol. The molecule has 102 valence electrons. The number of carbonyl (C=O) groups is 1. The summed E-state index contributed by atoms with van der Waals surface area (Å²) in [6.07, 6.45) is 2.01. The number of ether oxygens (including phenoxy) is 1. The lowest BCUT2D eigenvalue weighted by Crippen LogP contribution is -2.60. The van der Waals surface area contributed by atoms with Gasteiger partial charge in [0.15, 0.2) is 0 Å². The van der Waals surface area contributed by atoms with Gasteiger partial charge in [0.1, 0.15) is 0 Å². The molecule has 1 aliphatic rings. The lowest BCUT2D eigenvalue weighted by atomic mass is 9.80. The van der Waals surface area contributed by atoms with Gasteiger partial charge >= 0.3 is 0 Å². The van der Waals surface area contributed by atoms with Gasteiger partial charge in [-0.1, -0.05) is 0 Å². The molecule has 1 rings (SSSR count). The topological polar surface area (TPSA) is 70.0 Å². The number of piperidine rings is 1. The molecule has 0 saturated carbocycles. The molecule has 0 spiro atoms. The number of hydrogen-bond acceptors (Lipinski definition) is 4. The van der Waals surface area contributed by atoms with E-state index in [9.17, 15) is 5.21 Å². The van der Waals surface area contributed by atoms with Crippen LogP contribution in [0.5, 0.6) is 0 Å². The van der Waals surface area contributed by atoms with Crippen LogP contribution < -0.4 is 0 Å². The lowest BCUT2D eigenvalue weighted by molar-refractivity contribution is -0.259. The molecule has 17 heavy (non-hydrogen) atoms. The van der Waals surface area contributed by atoms with Crippen molar-refractivity contribution in [2.24, 2.45) is 0 Å². The number of hydroxylamine groups is 2. The number of carboxylic acids is 1. The zero-order valence-corrected chi connectivity index (χ0v) is 11.6. The normalized spacial score (nSPS) is 23.7. The summed E-state index contributed by atoms with van der Waals surface area (Å²) >= 11 is 0. The van der Waals surface area contributed by atoms with Gasteiger partial charge in [0.25, 0.3) is 5.97 Å². The van der Waals surface area contributed by atoms with Crippen LogP contribution in [0.2, 0.25) is 0 Å². The van der Waals surface area contributed by atoms with Crippen molar-refractivity contribution in [1.82, 2.24) is 5.06 Å². The number of aliphatic carboxylic acids is 1. The van der Waals surface area contributed by atoms with E-state index in [2.05, 4.69) is 0 Å². The second-order valence-electron chi connectivity index (χ2n) is 5.72. The first-order valence-electron chi connectivity index (χ1n) is 5.74. The van der Waals surface area contributed by atoms with Crippen LogP contribution in [0.4, 0.5) is 0 Å². The highest BCUT2D eigenvalue weighted by atomic mass is 16.5. The fourth-order valence-electron chi connectivity index (χ4n) is 2.35. The fraction of sp³-hybridized carbons (Fsp3) is 0.917. The van der Waals surface area contributed by atoms with Crippen molar-refractivity contribution >= 4 is 5.97 Å². The Morgan fingerprint density at radius 3 is 1.76 bits per heavy atom. The maximum Gasteiger partial charge on any atom is 0.300 e. The molecule has 0 aromatic heterocycles. The Balaban J connectivity index is 0.000000557. The van der Waals surface area contributed by atoms with E-state index in [4.69, 9.17) is 14.6 Å². The van der Waals surface area contributed by atoms with Crippen molar-refractivity contribution in [3.05, 3.63) is 0 Å². The van der Waals surface area contributed by atoms with Crippen LogP contribution in [0, 0.1) is 0 Å². The largest absolute Gasteiger partial charge is 0.481 e. The second kappa shape index (κ2) is 5.80. The summed E-state index contributed by atoms with van der Waals surface area (Å²) in [6.45, 7) is 9.25. The van der Waals surface area contributed by atoms with Crippen molar-refractivity contribution in [3.63, 3.8) is 0 Å². The Kier molecular flexibility index (Phi) is 5.58. The van der Waals surface area contributed by atoms with Crippen LogP contribution in [0.25, 0.3) is 0 Å². The summed E-state index contributed by atoms with van der Waals surface area (Å²) in [5, 5.41) is 18.8. The molecule has 5 nitrogen and oxygen atoms in total. The average Bonchev–Trinajstić information content (AvgIpc) is 2.12. The third kappa shape index (κ3) is 5.02. The van der Waals surface area contributed by atoms with Crippen LogP contribution >= 0.6 is 0 Å². The maximum absolute atomic E-state index is 9.96. The number of hydrogen-bond donors (Lipinski definition) is 2. The zero-order chi connectivity index (χ0) is 13.9. The van der Waals surface area contributed by atoms with Crippen molar-refractivity contribution in [3.8, 4) is 0 Å². The van der Waals surface area contributed by atoms with Gasteiger partial charge in [-0.25, -0.2) is 0 Å². The third-order valence-electron chi connectivity index (χ3n) is 2.93. The Hall–Kier alpha value is -0.650. The highest BCUT2D eigenvalue weighted by Gasteiger charge is 2.45.